The van der Waals surface area contributed by atoms with Crippen LogP contribution in [0.3, 0.4) is 0 Å². The van der Waals surface area contributed by atoms with E-state index < -0.39 is 11.7 Å². The number of benzene rings is 1. The van der Waals surface area contributed by atoms with Crippen molar-refractivity contribution in [2.24, 2.45) is 23.2 Å². The Morgan fingerprint density at radius 1 is 1.05 bits per heavy atom. The monoisotopic (exact) mass is 799 g/mol. The number of piperidine rings is 1. The Morgan fingerprint density at radius 2 is 1.81 bits per heavy atom. The molecule has 0 radical (unpaired) electrons. The van der Waals surface area contributed by atoms with Crippen LogP contribution >= 0.6 is 0 Å². The number of ether oxygens (including phenoxy) is 1. The van der Waals surface area contributed by atoms with E-state index in [1.807, 2.05) is 30.7 Å². The van der Waals surface area contributed by atoms with Gasteiger partial charge in [0.05, 0.1) is 69.4 Å². The third kappa shape index (κ3) is 8.22. The highest BCUT2D eigenvalue weighted by atomic mass is 16.5. The third-order valence-electron chi connectivity index (χ3n) is 15.1. The predicted molar refractivity (Wildman–Crippen MR) is 225 cm³/mol. The summed E-state index contributed by atoms with van der Waals surface area (Å²) in [5.74, 6) is 2.77. The largest absolute Gasteiger partial charge is 0.492 e. The van der Waals surface area contributed by atoms with Crippen LogP contribution in [0.4, 0.5) is 0 Å². The summed E-state index contributed by atoms with van der Waals surface area (Å²) >= 11 is 0. The number of likely N-dealkylation sites (tertiary alicyclic amines) is 1. The zero-order valence-corrected chi connectivity index (χ0v) is 35.9. The number of aromatic nitrogens is 6. The zero-order valence-electron chi connectivity index (χ0n) is 35.9. The molecule has 1 aromatic carbocycles. The summed E-state index contributed by atoms with van der Waals surface area (Å²) in [5, 5.41) is 29.9. The lowest BCUT2D eigenvalue weighted by Gasteiger charge is -2.45. The molecular formula is C46H68N7O5+. The average molecular weight is 799 g/mol. The van der Waals surface area contributed by atoms with Crippen LogP contribution in [0.2, 0.25) is 0 Å². The van der Waals surface area contributed by atoms with Crippen molar-refractivity contribution in [3.63, 3.8) is 0 Å². The maximum absolute atomic E-state index is 14.5. The number of hydrogen-bond donors (Lipinski definition) is 2. The standard InChI is InChI=1S/C46H68N7O5/c1-31(9-7-21-45(2,3)57)39-17-18-40-33(10-8-22-46(39,40)4)28-42-38-16-13-36(54)27-34(38)29-50-43(55)51(44(56)52(42)50)35-11-14-37(15-12-35)58-26-23-49-30-41(47-48-49)32-19-24-53(5,6)25-20-32/h11-12,14-15,28,30-32,36,39-40,42,54,57H,7-10,13,16-27,29H2,1-6H3/q+1/b33-28+/t31?,36-,39?,40?,42?,46+/m0/s1. The number of aliphatic hydroxyl groups excluding tert-OH is 1. The van der Waals surface area contributed by atoms with Gasteiger partial charge in [0.15, 0.2) is 0 Å². The molecule has 4 heterocycles. The van der Waals surface area contributed by atoms with E-state index in [0.29, 0.717) is 67.6 Å². The van der Waals surface area contributed by atoms with Crippen molar-refractivity contribution < 1.29 is 19.4 Å². The maximum Gasteiger partial charge on any atom is 0.352 e. The minimum Gasteiger partial charge on any atom is -0.492 e. The molecule has 316 valence electrons. The zero-order chi connectivity index (χ0) is 41.0. The minimum absolute atomic E-state index is 0.192. The van der Waals surface area contributed by atoms with E-state index in [2.05, 4.69) is 50.5 Å². The number of hydrogen-bond acceptors (Lipinski definition) is 7. The SMILES string of the molecule is CC(CCCC(C)(C)O)C1CCC2/C(=C/C3C4=C(C[C@@H](O)CC4)Cn4c(=O)n(-c5ccc(OCCn6cc(C7CC[N+](C)(C)CC7)nn6)cc5)c(=O)n43)CCC[C@@]21C. The van der Waals surface area contributed by atoms with Crippen LogP contribution in [-0.2, 0) is 13.1 Å². The van der Waals surface area contributed by atoms with Gasteiger partial charge in [-0.2, -0.15) is 0 Å². The fourth-order valence-electron chi connectivity index (χ4n) is 11.8. The predicted octanol–water partition coefficient (Wildman–Crippen LogP) is 6.54. The number of fused-ring (bicyclic) bond motifs is 2. The lowest BCUT2D eigenvalue weighted by Crippen LogP contribution is -2.45. The molecule has 3 aromatic rings. The van der Waals surface area contributed by atoms with Crippen molar-refractivity contribution in [1.82, 2.24) is 28.9 Å². The van der Waals surface area contributed by atoms with Gasteiger partial charge < -0.3 is 19.4 Å². The van der Waals surface area contributed by atoms with Gasteiger partial charge in [0.2, 0.25) is 0 Å². The van der Waals surface area contributed by atoms with E-state index in [0.717, 1.165) is 86.6 Å². The lowest BCUT2D eigenvalue weighted by atomic mass is 9.60. The third-order valence-corrected chi connectivity index (χ3v) is 15.1. The van der Waals surface area contributed by atoms with Gasteiger partial charge in [-0.3, -0.25) is 0 Å². The van der Waals surface area contributed by atoms with Gasteiger partial charge in [0, 0.05) is 25.0 Å². The molecule has 2 aliphatic heterocycles. The Labute approximate surface area is 343 Å². The van der Waals surface area contributed by atoms with E-state index >= 15 is 0 Å². The Hall–Kier alpha value is -3.74. The van der Waals surface area contributed by atoms with Crippen molar-refractivity contribution in [3.05, 3.63) is 79.9 Å². The lowest BCUT2D eigenvalue weighted by molar-refractivity contribution is -0.895. The molecule has 2 N–H and O–H groups in total. The fourth-order valence-corrected chi connectivity index (χ4v) is 11.8. The number of rotatable bonds is 12. The van der Waals surface area contributed by atoms with Crippen molar-refractivity contribution in [3.8, 4) is 11.4 Å². The van der Waals surface area contributed by atoms with E-state index in [1.54, 1.807) is 21.5 Å². The van der Waals surface area contributed by atoms with Crippen LogP contribution < -0.4 is 16.1 Å². The first-order chi connectivity index (χ1) is 27.6. The van der Waals surface area contributed by atoms with Gasteiger partial charge >= 0.3 is 11.4 Å². The number of aliphatic hydroxyl groups is 2. The van der Waals surface area contributed by atoms with E-state index in [1.165, 1.54) is 28.6 Å². The summed E-state index contributed by atoms with van der Waals surface area (Å²) in [6.45, 7) is 12.3. The number of quaternary nitrogens is 1. The van der Waals surface area contributed by atoms with E-state index in [9.17, 15) is 19.8 Å². The second kappa shape index (κ2) is 16.0. The Bertz CT molecular complexity index is 2120. The van der Waals surface area contributed by atoms with E-state index in [-0.39, 0.29) is 22.8 Å². The molecule has 2 saturated carbocycles. The van der Waals surface area contributed by atoms with Crippen LogP contribution in [-0.4, -0.2) is 89.1 Å². The minimum atomic E-state index is -0.628. The molecule has 0 amide bonds. The average Bonchev–Trinajstić information content (AvgIpc) is 3.85. The fraction of sp³-hybridized carbons (Fsp3) is 0.696. The van der Waals surface area contributed by atoms with Crippen LogP contribution in [0.5, 0.6) is 5.75 Å². The molecule has 4 unspecified atom stereocenters. The van der Waals surface area contributed by atoms with Gasteiger partial charge in [0.25, 0.3) is 0 Å². The first-order valence-electron chi connectivity index (χ1n) is 22.3. The van der Waals surface area contributed by atoms with Gasteiger partial charge in [-0.25, -0.2) is 28.2 Å². The summed E-state index contributed by atoms with van der Waals surface area (Å²) in [5.41, 5.74) is 4.18. The summed E-state index contributed by atoms with van der Waals surface area (Å²) in [7, 11) is 4.57. The Morgan fingerprint density at radius 3 is 2.55 bits per heavy atom. The molecule has 5 aliphatic rings. The molecular weight excluding hydrogens is 731 g/mol. The van der Waals surface area contributed by atoms with Crippen molar-refractivity contribution in [1.29, 1.82) is 0 Å². The normalized spacial score (nSPS) is 28.7. The van der Waals surface area contributed by atoms with Crippen LogP contribution in [0, 0.1) is 23.2 Å². The molecule has 58 heavy (non-hydrogen) atoms. The second-order valence-corrected chi connectivity index (χ2v) is 20.2. The van der Waals surface area contributed by atoms with Gasteiger partial charge in [-0.05, 0) is 130 Å². The topological polar surface area (TPSA) is 129 Å². The Balaban J connectivity index is 0.998. The molecule has 1 saturated heterocycles. The molecule has 12 nitrogen and oxygen atoms in total. The first kappa shape index (κ1) is 41.0. The second-order valence-electron chi connectivity index (χ2n) is 20.2. The first-order valence-corrected chi connectivity index (χ1v) is 22.3. The molecule has 0 spiro atoms. The van der Waals surface area contributed by atoms with Crippen molar-refractivity contribution in [2.75, 3.05) is 33.8 Å². The van der Waals surface area contributed by atoms with Gasteiger partial charge in [-0.15, -0.1) is 5.10 Å². The van der Waals surface area contributed by atoms with Crippen LogP contribution in [0.15, 0.2) is 62.8 Å². The highest BCUT2D eigenvalue weighted by Crippen LogP contribution is 2.60. The smallest absolute Gasteiger partial charge is 0.352 e. The van der Waals surface area contributed by atoms with Crippen molar-refractivity contribution >= 4 is 0 Å². The summed E-state index contributed by atoms with van der Waals surface area (Å²) in [4.78, 5) is 28.8. The summed E-state index contributed by atoms with van der Waals surface area (Å²) in [6, 6.07) is 6.88. The number of allylic oxidation sites excluding steroid dienone is 3. The van der Waals surface area contributed by atoms with Gasteiger partial charge in [-0.1, -0.05) is 43.6 Å². The highest BCUT2D eigenvalue weighted by Gasteiger charge is 2.51. The quantitative estimate of drug-likeness (QED) is 0.157. The molecule has 0 bridgehead atoms. The summed E-state index contributed by atoms with van der Waals surface area (Å²) in [6.07, 6.45) is 16.8. The van der Waals surface area contributed by atoms with Gasteiger partial charge in [0.1, 0.15) is 12.4 Å². The number of nitrogens with zero attached hydrogens (tertiary/aromatic N) is 7. The van der Waals surface area contributed by atoms with E-state index in [4.69, 9.17) is 4.74 Å². The van der Waals surface area contributed by atoms with Crippen molar-refractivity contribution in [2.45, 2.75) is 148 Å². The molecule has 8 rings (SSSR count). The Kier molecular flexibility index (Phi) is 11.3. The summed E-state index contributed by atoms with van der Waals surface area (Å²) < 4.78 is 13.6. The molecule has 2 aromatic heterocycles. The highest BCUT2D eigenvalue weighted by molar-refractivity contribution is 5.38. The maximum atomic E-state index is 14.5. The molecule has 12 heteroatoms. The van der Waals surface area contributed by atoms with Crippen LogP contribution in [0.25, 0.3) is 5.69 Å². The molecule has 3 fully saturated rings. The molecule has 3 aliphatic carbocycles. The molecule has 6 atom stereocenters. The van der Waals surface area contributed by atoms with Crippen LogP contribution in [0.1, 0.15) is 129 Å².